The van der Waals surface area contributed by atoms with E-state index in [-0.39, 0.29) is 5.56 Å². The van der Waals surface area contributed by atoms with E-state index in [1.54, 1.807) is 12.1 Å². The van der Waals surface area contributed by atoms with Gasteiger partial charge in [-0.1, -0.05) is 12.1 Å². The van der Waals surface area contributed by atoms with Gasteiger partial charge in [0.15, 0.2) is 5.92 Å². The van der Waals surface area contributed by atoms with Gasteiger partial charge in [0, 0.05) is 6.42 Å². The van der Waals surface area contributed by atoms with E-state index in [1.807, 2.05) is 0 Å². The van der Waals surface area contributed by atoms with Gasteiger partial charge in [0.1, 0.15) is 11.2 Å². The highest BCUT2D eigenvalue weighted by Gasteiger charge is 2.55. The number of hydrogen-bond donors (Lipinski definition) is 1. The fraction of sp³-hybridized carbons (Fsp3) is 0.333. The molecule has 0 radical (unpaired) electrons. The van der Waals surface area contributed by atoms with Crippen LogP contribution in [0.3, 0.4) is 0 Å². The number of halogens is 3. The molecule has 118 valence electrons. The number of hydrogen-bond acceptors (Lipinski definition) is 4. The molecule has 2 rings (SSSR count). The van der Waals surface area contributed by atoms with Gasteiger partial charge in [0.25, 0.3) is 0 Å². The number of para-hydroxylation sites is 1. The second-order valence-electron chi connectivity index (χ2n) is 5.22. The molecule has 1 aliphatic heterocycles. The highest BCUT2D eigenvalue weighted by molar-refractivity contribution is 6.10. The third-order valence-corrected chi connectivity index (χ3v) is 3.77. The maximum absolute atomic E-state index is 13.1. The van der Waals surface area contributed by atoms with Crippen LogP contribution in [0.1, 0.15) is 24.5 Å². The molecule has 23 heavy (non-hydrogen) atoms. The van der Waals surface area contributed by atoms with E-state index in [9.17, 15) is 22.8 Å². The lowest BCUT2D eigenvalue weighted by molar-refractivity contribution is -0.137. The number of benzene rings is 1. The molecule has 0 fully saturated rings. The van der Waals surface area contributed by atoms with E-state index in [1.165, 1.54) is 6.07 Å². The van der Waals surface area contributed by atoms with E-state index in [4.69, 9.17) is 10.5 Å². The average Bonchev–Trinajstić information content (AvgIpc) is 2.72. The van der Waals surface area contributed by atoms with E-state index in [0.29, 0.717) is 0 Å². The summed E-state index contributed by atoms with van der Waals surface area (Å²) < 4.78 is 39.3. The first-order valence-electron chi connectivity index (χ1n) is 6.49. The van der Waals surface area contributed by atoms with Crippen LogP contribution >= 0.6 is 0 Å². The lowest BCUT2D eigenvalue weighted by Gasteiger charge is -2.27. The molecule has 0 aliphatic carbocycles. The first-order valence-corrected chi connectivity index (χ1v) is 6.49. The Morgan fingerprint density at radius 1 is 1.35 bits per heavy atom. The molecule has 1 atom stereocenters. The van der Waals surface area contributed by atoms with Crippen LogP contribution in [0, 0.1) is 28.6 Å². The van der Waals surface area contributed by atoms with Gasteiger partial charge in [-0.25, -0.2) is 0 Å². The zero-order chi connectivity index (χ0) is 17.4. The lowest BCUT2D eigenvalue weighted by Crippen LogP contribution is -2.42. The summed E-state index contributed by atoms with van der Waals surface area (Å²) in [5.41, 5.74) is -3.67. The third kappa shape index (κ3) is 2.42. The summed E-state index contributed by atoms with van der Waals surface area (Å²) in [4.78, 5) is 24.0. The van der Waals surface area contributed by atoms with Crippen LogP contribution < -0.4 is 5.32 Å². The van der Waals surface area contributed by atoms with E-state index in [2.05, 4.69) is 5.32 Å². The van der Waals surface area contributed by atoms with Crippen molar-refractivity contribution in [3.05, 3.63) is 29.3 Å². The molecule has 1 aliphatic rings. The highest BCUT2D eigenvalue weighted by atomic mass is 19.4. The van der Waals surface area contributed by atoms with E-state index in [0.717, 1.165) is 19.1 Å². The summed E-state index contributed by atoms with van der Waals surface area (Å²) in [5.74, 6) is -3.05. The molecule has 1 heterocycles. The quantitative estimate of drug-likeness (QED) is 0.925. The van der Waals surface area contributed by atoms with Gasteiger partial charge in [-0.15, -0.1) is 0 Å². The number of nitriles is 2. The SMILES string of the molecule is CC(=O)C[C@]1(C(C#N)C#N)C(=O)Nc2c(C(F)(F)F)cccc21. The minimum absolute atomic E-state index is 0.152. The number of rotatable bonds is 3. The number of carbonyl (C=O) groups excluding carboxylic acids is 2. The van der Waals surface area contributed by atoms with Gasteiger partial charge in [0.05, 0.1) is 23.4 Å². The molecule has 1 aromatic carbocycles. The van der Waals surface area contributed by atoms with Crippen LogP contribution in [0.15, 0.2) is 18.2 Å². The van der Waals surface area contributed by atoms with Crippen LogP contribution in [0.4, 0.5) is 18.9 Å². The van der Waals surface area contributed by atoms with Crippen LogP contribution in [0.2, 0.25) is 0 Å². The Hall–Kier alpha value is -2.87. The van der Waals surface area contributed by atoms with Gasteiger partial charge < -0.3 is 5.32 Å². The Labute approximate surface area is 129 Å². The molecule has 0 saturated heterocycles. The van der Waals surface area contributed by atoms with Gasteiger partial charge in [-0.2, -0.15) is 23.7 Å². The minimum atomic E-state index is -4.72. The number of alkyl halides is 3. The number of ketones is 1. The van der Waals surface area contributed by atoms with Crippen molar-refractivity contribution < 1.29 is 22.8 Å². The Morgan fingerprint density at radius 2 is 1.96 bits per heavy atom. The Morgan fingerprint density at radius 3 is 2.43 bits per heavy atom. The standard InChI is InChI=1S/C15H10F3N3O2/c1-8(22)5-14(9(6-19)7-20)10-3-2-4-11(15(16,17)18)12(10)21-13(14)23/h2-4,9H,5H2,1H3,(H,21,23)/t14-/m1/s1. The number of nitrogens with one attached hydrogen (secondary N) is 1. The largest absolute Gasteiger partial charge is 0.418 e. The zero-order valence-electron chi connectivity index (χ0n) is 11.9. The number of fused-ring (bicyclic) bond motifs is 1. The Kier molecular flexibility index (Phi) is 3.87. The number of amides is 1. The second-order valence-corrected chi connectivity index (χ2v) is 5.22. The molecule has 0 bridgehead atoms. The summed E-state index contributed by atoms with van der Waals surface area (Å²) in [6.45, 7) is 1.15. The van der Waals surface area contributed by atoms with Crippen LogP contribution in [0.25, 0.3) is 0 Å². The van der Waals surface area contributed by atoms with Gasteiger partial charge in [-0.05, 0) is 18.6 Å². The number of anilines is 1. The summed E-state index contributed by atoms with van der Waals surface area (Å²) in [5, 5.41) is 20.4. The van der Waals surface area contributed by atoms with Crippen LogP contribution in [-0.2, 0) is 21.2 Å². The predicted octanol–water partition coefficient (Wildman–Crippen LogP) is 2.54. The molecule has 0 unspecified atom stereocenters. The Bertz CT molecular complexity index is 760. The molecular formula is C15H10F3N3O2. The smallest absolute Gasteiger partial charge is 0.324 e. The van der Waals surface area contributed by atoms with Crippen molar-refractivity contribution in [1.82, 2.24) is 0 Å². The third-order valence-electron chi connectivity index (χ3n) is 3.77. The first kappa shape index (κ1) is 16.5. The van der Waals surface area contributed by atoms with Crippen molar-refractivity contribution >= 4 is 17.4 Å². The predicted molar refractivity (Wildman–Crippen MR) is 71.8 cm³/mol. The molecule has 0 saturated carbocycles. The molecular weight excluding hydrogens is 311 g/mol. The van der Waals surface area contributed by atoms with Crippen molar-refractivity contribution in [2.24, 2.45) is 5.92 Å². The fourth-order valence-corrected chi connectivity index (χ4v) is 2.85. The minimum Gasteiger partial charge on any atom is -0.324 e. The summed E-state index contributed by atoms with van der Waals surface area (Å²) in [6.07, 6.45) is -5.25. The normalized spacial score (nSPS) is 19.7. The van der Waals surface area contributed by atoms with Crippen molar-refractivity contribution in [2.75, 3.05) is 5.32 Å². The van der Waals surface area contributed by atoms with Crippen molar-refractivity contribution in [3.8, 4) is 12.1 Å². The monoisotopic (exact) mass is 321 g/mol. The van der Waals surface area contributed by atoms with E-state index < -0.39 is 46.9 Å². The van der Waals surface area contributed by atoms with Crippen LogP contribution in [-0.4, -0.2) is 11.7 Å². The summed E-state index contributed by atoms with van der Waals surface area (Å²) in [7, 11) is 0. The lowest BCUT2D eigenvalue weighted by atomic mass is 9.68. The molecule has 5 nitrogen and oxygen atoms in total. The molecule has 1 N–H and O–H groups in total. The topological polar surface area (TPSA) is 93.8 Å². The van der Waals surface area contributed by atoms with Gasteiger partial charge >= 0.3 is 6.18 Å². The van der Waals surface area contributed by atoms with Crippen molar-refractivity contribution in [2.45, 2.75) is 24.9 Å². The summed E-state index contributed by atoms with van der Waals surface area (Å²) >= 11 is 0. The second kappa shape index (κ2) is 5.40. The molecule has 1 aromatic rings. The van der Waals surface area contributed by atoms with Crippen molar-refractivity contribution in [1.29, 1.82) is 10.5 Å². The fourth-order valence-electron chi connectivity index (χ4n) is 2.85. The van der Waals surface area contributed by atoms with Crippen LogP contribution in [0.5, 0.6) is 0 Å². The molecule has 1 amide bonds. The van der Waals surface area contributed by atoms with Gasteiger partial charge in [-0.3, -0.25) is 9.59 Å². The summed E-state index contributed by atoms with van der Waals surface area (Å²) in [6, 6.07) is 6.33. The van der Waals surface area contributed by atoms with E-state index >= 15 is 0 Å². The molecule has 0 aromatic heterocycles. The number of carbonyl (C=O) groups is 2. The average molecular weight is 321 g/mol. The zero-order valence-corrected chi connectivity index (χ0v) is 11.9. The molecule has 8 heteroatoms. The number of Topliss-reactive ketones (excluding diaryl/α,β-unsaturated/α-hetero) is 1. The maximum atomic E-state index is 13.1. The highest BCUT2D eigenvalue weighted by Crippen LogP contribution is 2.49. The first-order chi connectivity index (χ1) is 10.7. The number of nitrogens with zero attached hydrogens (tertiary/aromatic N) is 2. The maximum Gasteiger partial charge on any atom is 0.418 e. The van der Waals surface area contributed by atoms with Crippen molar-refractivity contribution in [3.63, 3.8) is 0 Å². The molecule has 0 spiro atoms. The van der Waals surface area contributed by atoms with Gasteiger partial charge in [0.2, 0.25) is 5.91 Å². The Balaban J connectivity index is 2.80.